The Morgan fingerprint density at radius 1 is 1.06 bits per heavy atom. The molecular weight excluding hydrogens is 271 g/mol. The standard InChI is InChI=1S/C14H10Cl2O2/c1-18-13-5-3-2-4-11(13)14(17)10-7-6-9(15)8-12(10)16/h2-8H,1H3. The van der Waals surface area contributed by atoms with E-state index in [9.17, 15) is 4.79 Å². The lowest BCUT2D eigenvalue weighted by Gasteiger charge is -2.08. The molecule has 0 bridgehead atoms. The van der Waals surface area contributed by atoms with Crippen molar-refractivity contribution < 1.29 is 9.53 Å². The zero-order chi connectivity index (χ0) is 13.1. The molecule has 92 valence electrons. The normalized spacial score (nSPS) is 10.2. The third-order valence-electron chi connectivity index (χ3n) is 2.53. The maximum atomic E-state index is 12.4. The molecule has 2 rings (SSSR count). The van der Waals surface area contributed by atoms with Crippen LogP contribution < -0.4 is 4.74 Å². The van der Waals surface area contributed by atoms with Crippen molar-refractivity contribution in [2.75, 3.05) is 7.11 Å². The fraction of sp³-hybridized carbons (Fsp3) is 0.0714. The van der Waals surface area contributed by atoms with Crippen LogP contribution in [-0.2, 0) is 0 Å². The molecule has 0 amide bonds. The van der Waals surface area contributed by atoms with Gasteiger partial charge in [0.2, 0.25) is 0 Å². The van der Waals surface area contributed by atoms with Crippen molar-refractivity contribution in [2.24, 2.45) is 0 Å². The highest BCUT2D eigenvalue weighted by Gasteiger charge is 2.16. The molecule has 0 aliphatic heterocycles. The number of hydrogen-bond acceptors (Lipinski definition) is 2. The third-order valence-corrected chi connectivity index (χ3v) is 3.08. The van der Waals surface area contributed by atoms with Crippen LogP contribution in [-0.4, -0.2) is 12.9 Å². The van der Waals surface area contributed by atoms with Crippen molar-refractivity contribution in [3.63, 3.8) is 0 Å². The Labute approximate surface area is 115 Å². The lowest BCUT2D eigenvalue weighted by molar-refractivity contribution is 0.103. The second-order valence-corrected chi connectivity index (χ2v) is 4.50. The summed E-state index contributed by atoms with van der Waals surface area (Å²) >= 11 is 11.8. The molecule has 0 aliphatic rings. The molecule has 0 aliphatic carbocycles. The van der Waals surface area contributed by atoms with Crippen molar-refractivity contribution in [3.8, 4) is 5.75 Å². The first-order chi connectivity index (χ1) is 8.63. The van der Waals surface area contributed by atoms with Crippen molar-refractivity contribution in [2.45, 2.75) is 0 Å². The predicted molar refractivity (Wildman–Crippen MR) is 72.9 cm³/mol. The van der Waals surface area contributed by atoms with E-state index in [1.54, 1.807) is 42.5 Å². The lowest BCUT2D eigenvalue weighted by Crippen LogP contribution is -2.04. The molecule has 0 fully saturated rings. The van der Waals surface area contributed by atoms with Gasteiger partial charge in [0.05, 0.1) is 17.7 Å². The van der Waals surface area contributed by atoms with E-state index in [2.05, 4.69) is 0 Å². The maximum absolute atomic E-state index is 12.4. The SMILES string of the molecule is COc1ccccc1C(=O)c1ccc(Cl)cc1Cl. The summed E-state index contributed by atoms with van der Waals surface area (Å²) in [7, 11) is 1.52. The molecular formula is C14H10Cl2O2. The first kappa shape index (κ1) is 12.9. The van der Waals surface area contributed by atoms with Gasteiger partial charge in [-0.2, -0.15) is 0 Å². The largest absolute Gasteiger partial charge is 0.496 e. The molecule has 4 heteroatoms. The fourth-order valence-electron chi connectivity index (χ4n) is 1.65. The number of ether oxygens (including phenoxy) is 1. The number of para-hydroxylation sites is 1. The van der Waals surface area contributed by atoms with Crippen LogP contribution in [0.5, 0.6) is 5.75 Å². The van der Waals surface area contributed by atoms with E-state index in [0.29, 0.717) is 26.9 Å². The smallest absolute Gasteiger partial charge is 0.198 e. The van der Waals surface area contributed by atoms with E-state index in [1.165, 1.54) is 7.11 Å². The maximum Gasteiger partial charge on any atom is 0.198 e. The summed E-state index contributed by atoms with van der Waals surface area (Å²) in [5.41, 5.74) is 0.884. The highest BCUT2D eigenvalue weighted by atomic mass is 35.5. The van der Waals surface area contributed by atoms with Gasteiger partial charge < -0.3 is 4.74 Å². The quantitative estimate of drug-likeness (QED) is 0.787. The molecule has 0 heterocycles. The van der Waals surface area contributed by atoms with Gasteiger partial charge in [-0.15, -0.1) is 0 Å². The number of carbonyl (C=O) groups excluding carboxylic acids is 1. The fourth-order valence-corrected chi connectivity index (χ4v) is 2.15. The van der Waals surface area contributed by atoms with Crippen LogP contribution >= 0.6 is 23.2 Å². The van der Waals surface area contributed by atoms with Gasteiger partial charge in [-0.3, -0.25) is 4.79 Å². The van der Waals surface area contributed by atoms with Crippen LogP contribution in [0.2, 0.25) is 10.0 Å². The van der Waals surface area contributed by atoms with E-state index >= 15 is 0 Å². The summed E-state index contributed by atoms with van der Waals surface area (Å²) in [6.45, 7) is 0. The summed E-state index contributed by atoms with van der Waals surface area (Å²) in [5, 5.41) is 0.829. The molecule has 0 atom stereocenters. The Hall–Kier alpha value is -1.51. The van der Waals surface area contributed by atoms with Crippen LogP contribution in [0.25, 0.3) is 0 Å². The Bertz CT molecular complexity index is 594. The lowest BCUT2D eigenvalue weighted by atomic mass is 10.0. The molecule has 2 aromatic carbocycles. The van der Waals surface area contributed by atoms with E-state index in [4.69, 9.17) is 27.9 Å². The van der Waals surface area contributed by atoms with E-state index < -0.39 is 0 Å². The number of benzene rings is 2. The topological polar surface area (TPSA) is 26.3 Å². The van der Waals surface area contributed by atoms with Gasteiger partial charge in [-0.05, 0) is 30.3 Å². The summed E-state index contributed by atoms with van der Waals surface area (Å²) < 4.78 is 5.16. The Balaban J connectivity index is 2.48. The van der Waals surface area contributed by atoms with Crippen LogP contribution in [0, 0.1) is 0 Å². The highest BCUT2D eigenvalue weighted by Crippen LogP contribution is 2.26. The van der Waals surface area contributed by atoms with Crippen LogP contribution in [0.1, 0.15) is 15.9 Å². The van der Waals surface area contributed by atoms with Crippen LogP contribution in [0.3, 0.4) is 0 Å². The van der Waals surface area contributed by atoms with Gasteiger partial charge in [-0.25, -0.2) is 0 Å². The van der Waals surface area contributed by atoms with Crippen LogP contribution in [0.4, 0.5) is 0 Å². The minimum atomic E-state index is -0.186. The van der Waals surface area contributed by atoms with Crippen molar-refractivity contribution >= 4 is 29.0 Å². The zero-order valence-electron chi connectivity index (χ0n) is 9.61. The van der Waals surface area contributed by atoms with Gasteiger partial charge in [0.1, 0.15) is 5.75 Å². The summed E-state index contributed by atoms with van der Waals surface area (Å²) in [6.07, 6.45) is 0. The predicted octanol–water partition coefficient (Wildman–Crippen LogP) is 4.23. The number of rotatable bonds is 3. The van der Waals surface area contributed by atoms with Gasteiger partial charge in [-0.1, -0.05) is 35.3 Å². The van der Waals surface area contributed by atoms with E-state index in [-0.39, 0.29) is 5.78 Å². The monoisotopic (exact) mass is 280 g/mol. The Kier molecular flexibility index (Phi) is 3.90. The highest BCUT2D eigenvalue weighted by molar-refractivity contribution is 6.37. The third kappa shape index (κ3) is 2.50. The summed E-state index contributed by atoms with van der Waals surface area (Å²) in [5.74, 6) is 0.336. The van der Waals surface area contributed by atoms with Crippen molar-refractivity contribution in [3.05, 3.63) is 63.6 Å². The molecule has 2 aromatic rings. The van der Waals surface area contributed by atoms with E-state index in [1.807, 2.05) is 0 Å². The van der Waals surface area contributed by atoms with Gasteiger partial charge >= 0.3 is 0 Å². The number of hydrogen-bond donors (Lipinski definition) is 0. The average Bonchev–Trinajstić information content (AvgIpc) is 2.38. The molecule has 0 spiro atoms. The molecule has 0 unspecified atom stereocenters. The number of ketones is 1. The average molecular weight is 281 g/mol. The second-order valence-electron chi connectivity index (χ2n) is 3.65. The second kappa shape index (κ2) is 5.42. The van der Waals surface area contributed by atoms with Gasteiger partial charge in [0.15, 0.2) is 5.78 Å². The first-order valence-electron chi connectivity index (χ1n) is 5.26. The Morgan fingerprint density at radius 2 is 1.78 bits per heavy atom. The summed E-state index contributed by atoms with van der Waals surface area (Å²) in [4.78, 5) is 12.4. The molecule has 0 aromatic heterocycles. The molecule has 2 nitrogen and oxygen atoms in total. The zero-order valence-corrected chi connectivity index (χ0v) is 11.1. The van der Waals surface area contributed by atoms with Crippen LogP contribution in [0.15, 0.2) is 42.5 Å². The molecule has 0 N–H and O–H groups in total. The van der Waals surface area contributed by atoms with Gasteiger partial charge in [0.25, 0.3) is 0 Å². The number of methoxy groups -OCH3 is 1. The first-order valence-corrected chi connectivity index (χ1v) is 6.02. The number of halogens is 2. The number of carbonyl (C=O) groups is 1. The molecule has 0 radical (unpaired) electrons. The minimum Gasteiger partial charge on any atom is -0.496 e. The minimum absolute atomic E-state index is 0.186. The van der Waals surface area contributed by atoms with E-state index in [0.717, 1.165) is 0 Å². The Morgan fingerprint density at radius 3 is 2.44 bits per heavy atom. The molecule has 18 heavy (non-hydrogen) atoms. The molecule has 0 saturated carbocycles. The van der Waals surface area contributed by atoms with Crippen molar-refractivity contribution in [1.29, 1.82) is 0 Å². The van der Waals surface area contributed by atoms with Gasteiger partial charge in [0, 0.05) is 10.6 Å². The molecule has 0 saturated heterocycles. The summed E-state index contributed by atoms with van der Waals surface area (Å²) in [6, 6.07) is 11.8. The van der Waals surface area contributed by atoms with Crippen molar-refractivity contribution in [1.82, 2.24) is 0 Å².